The van der Waals surface area contributed by atoms with Crippen molar-refractivity contribution in [3.63, 3.8) is 0 Å². The molecule has 5 saturated carbocycles. The summed E-state index contributed by atoms with van der Waals surface area (Å²) in [5.41, 5.74) is -1.07. The van der Waals surface area contributed by atoms with Gasteiger partial charge in [0.1, 0.15) is 11.6 Å². The molecular formula is C15H19NO4Si. The molecule has 21 heavy (non-hydrogen) atoms. The predicted molar refractivity (Wildman–Crippen MR) is 76.0 cm³/mol. The van der Waals surface area contributed by atoms with E-state index in [-0.39, 0.29) is 46.1 Å². The fourth-order valence-corrected chi connectivity index (χ4v) is 12.4. The number of nitro groups is 1. The molecule has 0 aromatic carbocycles. The molecule has 5 nitrogen and oxygen atoms in total. The Morgan fingerprint density at radius 2 is 1.62 bits per heavy atom. The lowest BCUT2D eigenvalue weighted by molar-refractivity contribution is -0.614. The number of Topliss-reactive ketones (excluding diaryl/α,β-unsaturated/α-hetero) is 2. The summed E-state index contributed by atoms with van der Waals surface area (Å²) in [4.78, 5) is 37.7. The van der Waals surface area contributed by atoms with Crippen LogP contribution in [0.5, 0.6) is 0 Å². The Bertz CT molecular complexity index is 655. The maximum absolute atomic E-state index is 12.9. The van der Waals surface area contributed by atoms with Crippen LogP contribution in [0.4, 0.5) is 0 Å². The van der Waals surface area contributed by atoms with Crippen molar-refractivity contribution in [3.8, 4) is 0 Å². The zero-order valence-electron chi connectivity index (χ0n) is 12.5. The molecule has 0 aromatic rings. The van der Waals surface area contributed by atoms with Crippen molar-refractivity contribution in [2.45, 2.75) is 43.1 Å². The van der Waals surface area contributed by atoms with Crippen molar-refractivity contribution >= 4 is 19.6 Å². The maximum Gasteiger partial charge on any atom is 0.239 e. The molecule has 0 aromatic heterocycles. The van der Waals surface area contributed by atoms with Crippen LogP contribution in [-0.4, -0.2) is 30.1 Å². The van der Waals surface area contributed by atoms with Gasteiger partial charge in [-0.15, -0.1) is 0 Å². The molecule has 0 unspecified atom stereocenters. The fraction of sp³-hybridized carbons (Fsp3) is 0.867. The third kappa shape index (κ3) is 0.792. The highest BCUT2D eigenvalue weighted by Crippen LogP contribution is 2.91. The molecule has 112 valence electrons. The standard InChI is InChI=1S/C15H19NO4Si/c1-21(2,3)15-9-5-8-12(17)6-4-7(13(9)18)11(15)10(6)14(8,15)16(19)20/h6-11H,4-5H2,1-3H3/t6-,7+,8-,9-,10+,11-,14-,15-/m1/s1. The van der Waals surface area contributed by atoms with E-state index in [1.165, 1.54) is 0 Å². The van der Waals surface area contributed by atoms with Crippen LogP contribution < -0.4 is 0 Å². The molecule has 0 heterocycles. The minimum atomic E-state index is -1.97. The fourth-order valence-electron chi connectivity index (χ4n) is 8.13. The maximum atomic E-state index is 12.9. The molecular weight excluding hydrogens is 286 g/mol. The molecule has 0 aliphatic heterocycles. The first-order valence-corrected chi connectivity index (χ1v) is 11.4. The summed E-state index contributed by atoms with van der Waals surface area (Å²) in [6, 6.07) is 0. The second-order valence-corrected chi connectivity index (χ2v) is 14.2. The number of rotatable bonds is 2. The highest BCUT2D eigenvalue weighted by molar-refractivity contribution is 6.80. The molecule has 0 saturated heterocycles. The first-order valence-electron chi connectivity index (χ1n) is 7.94. The van der Waals surface area contributed by atoms with E-state index in [4.69, 9.17) is 0 Å². The zero-order valence-corrected chi connectivity index (χ0v) is 13.5. The summed E-state index contributed by atoms with van der Waals surface area (Å²) in [5.74, 6) is -0.489. The van der Waals surface area contributed by atoms with Gasteiger partial charge in [-0.1, -0.05) is 19.6 Å². The summed E-state index contributed by atoms with van der Waals surface area (Å²) < 4.78 is 0. The molecule has 5 aliphatic carbocycles. The lowest BCUT2D eigenvalue weighted by Gasteiger charge is -2.62. The van der Waals surface area contributed by atoms with Crippen molar-refractivity contribution in [2.24, 2.45) is 35.5 Å². The van der Waals surface area contributed by atoms with Gasteiger partial charge in [0.05, 0.1) is 14.0 Å². The van der Waals surface area contributed by atoms with Gasteiger partial charge < -0.3 is 0 Å². The lowest BCUT2D eigenvalue weighted by atomic mass is 9.53. The Labute approximate surface area is 123 Å². The van der Waals surface area contributed by atoms with E-state index in [9.17, 15) is 19.7 Å². The lowest BCUT2D eigenvalue weighted by Crippen LogP contribution is -2.74. The molecule has 0 N–H and O–H groups in total. The summed E-state index contributed by atoms with van der Waals surface area (Å²) in [5, 5.41) is 11.8. The van der Waals surface area contributed by atoms with E-state index in [0.717, 1.165) is 0 Å². The van der Waals surface area contributed by atoms with Crippen LogP contribution in [0.15, 0.2) is 0 Å². The molecule has 0 spiro atoms. The second kappa shape index (κ2) is 2.89. The summed E-state index contributed by atoms with van der Waals surface area (Å²) >= 11 is 0. The first kappa shape index (κ1) is 12.5. The molecule has 8 atom stereocenters. The minimum absolute atomic E-state index is 0.0463. The van der Waals surface area contributed by atoms with Gasteiger partial charge in [0.2, 0.25) is 5.54 Å². The van der Waals surface area contributed by atoms with Gasteiger partial charge in [0.15, 0.2) is 0 Å². The van der Waals surface area contributed by atoms with Gasteiger partial charge in [0, 0.05) is 33.6 Å². The molecule has 5 fully saturated rings. The van der Waals surface area contributed by atoms with Crippen molar-refractivity contribution in [1.82, 2.24) is 0 Å². The molecule has 5 aliphatic rings. The van der Waals surface area contributed by atoms with Gasteiger partial charge in [-0.25, -0.2) is 0 Å². The highest BCUT2D eigenvalue weighted by atomic mass is 28.3. The van der Waals surface area contributed by atoms with Crippen LogP contribution in [0, 0.1) is 45.6 Å². The van der Waals surface area contributed by atoms with E-state index in [0.29, 0.717) is 12.8 Å². The topological polar surface area (TPSA) is 77.3 Å². The van der Waals surface area contributed by atoms with E-state index >= 15 is 0 Å². The summed E-state index contributed by atoms with van der Waals surface area (Å²) in [7, 11) is -1.97. The van der Waals surface area contributed by atoms with E-state index in [1.54, 1.807) is 0 Å². The van der Waals surface area contributed by atoms with Crippen LogP contribution in [-0.2, 0) is 9.59 Å². The number of carbonyl (C=O) groups is 2. The van der Waals surface area contributed by atoms with Crippen molar-refractivity contribution in [1.29, 1.82) is 0 Å². The van der Waals surface area contributed by atoms with Crippen LogP contribution in [0.3, 0.4) is 0 Å². The monoisotopic (exact) mass is 305 g/mol. The van der Waals surface area contributed by atoms with Gasteiger partial charge in [-0.3, -0.25) is 19.7 Å². The van der Waals surface area contributed by atoms with Crippen LogP contribution in [0.1, 0.15) is 12.8 Å². The molecule has 0 radical (unpaired) electrons. The average molecular weight is 305 g/mol. The molecule has 6 heteroatoms. The Hall–Kier alpha value is -1.04. The SMILES string of the molecule is C[Si](C)(C)[C@@]12[C@H]3[C@@H]4[C@H]5C[C@@H]3C(=O)[C@H]1C[C@H](C5=O)[C@@]42[N+](=O)[O-]. The number of ketones is 2. The quantitative estimate of drug-likeness (QED) is 0.442. The van der Waals surface area contributed by atoms with E-state index in [1.807, 2.05) is 0 Å². The largest absolute Gasteiger partial charge is 0.299 e. The highest BCUT2D eigenvalue weighted by Gasteiger charge is 3.00. The minimum Gasteiger partial charge on any atom is -0.299 e. The van der Waals surface area contributed by atoms with Crippen molar-refractivity contribution in [3.05, 3.63) is 10.1 Å². The van der Waals surface area contributed by atoms with Gasteiger partial charge >= 0.3 is 0 Å². The van der Waals surface area contributed by atoms with Crippen LogP contribution >= 0.6 is 0 Å². The smallest absolute Gasteiger partial charge is 0.239 e. The average Bonchev–Trinajstić information content (AvgIpc) is 2.92. The van der Waals surface area contributed by atoms with Gasteiger partial charge in [0.25, 0.3) is 0 Å². The number of hydrogen-bond acceptors (Lipinski definition) is 4. The second-order valence-electron chi connectivity index (χ2n) is 8.85. The predicted octanol–water partition coefficient (Wildman–Crippen LogP) is 1.76. The number of carbonyl (C=O) groups excluding carboxylic acids is 2. The molecule has 0 bridgehead atoms. The molecule has 0 amide bonds. The summed E-state index contributed by atoms with van der Waals surface area (Å²) in [6.07, 6.45) is 1.09. The van der Waals surface area contributed by atoms with E-state index in [2.05, 4.69) is 19.6 Å². The zero-order chi connectivity index (χ0) is 15.1. The van der Waals surface area contributed by atoms with Crippen LogP contribution in [0.25, 0.3) is 0 Å². The van der Waals surface area contributed by atoms with Crippen molar-refractivity contribution < 1.29 is 14.5 Å². The van der Waals surface area contributed by atoms with Gasteiger partial charge in [-0.2, -0.15) is 0 Å². The first-order chi connectivity index (χ1) is 9.72. The third-order valence-electron chi connectivity index (χ3n) is 7.97. The number of hydrogen-bond donors (Lipinski definition) is 0. The van der Waals surface area contributed by atoms with Gasteiger partial charge in [-0.05, 0) is 18.8 Å². The van der Waals surface area contributed by atoms with E-state index < -0.39 is 24.6 Å². The van der Waals surface area contributed by atoms with Crippen molar-refractivity contribution in [2.75, 3.05) is 0 Å². The third-order valence-corrected chi connectivity index (χ3v) is 11.5. The normalized spacial score (nSPS) is 58.8. The Kier molecular flexibility index (Phi) is 1.72. The van der Waals surface area contributed by atoms with Crippen LogP contribution in [0.2, 0.25) is 24.7 Å². The Balaban J connectivity index is 1.90. The number of nitrogens with zero attached hydrogens (tertiary/aromatic N) is 1. The molecule has 5 rings (SSSR count). The summed E-state index contributed by atoms with van der Waals surface area (Å²) in [6.45, 7) is 6.53. The Morgan fingerprint density at radius 3 is 2.19 bits per heavy atom. The Morgan fingerprint density at radius 1 is 1.05 bits per heavy atom.